The fourth-order valence-electron chi connectivity index (χ4n) is 2.05. The molecule has 0 bridgehead atoms. The lowest BCUT2D eigenvalue weighted by Gasteiger charge is -2.23. The van der Waals surface area contributed by atoms with Gasteiger partial charge in [-0.3, -0.25) is 9.59 Å². The molecule has 1 unspecified atom stereocenters. The molecule has 0 aliphatic carbocycles. The molecule has 2 N–H and O–H groups in total. The van der Waals surface area contributed by atoms with Crippen LogP contribution in [0.25, 0.3) is 0 Å². The molecule has 0 aliphatic rings. The van der Waals surface area contributed by atoms with E-state index in [-0.39, 0.29) is 17.9 Å². The van der Waals surface area contributed by atoms with Gasteiger partial charge in [0.2, 0.25) is 11.8 Å². The number of nitrogens with one attached hydrogen (secondary N) is 2. The first kappa shape index (κ1) is 17.7. The molecule has 1 atom stereocenters. The Morgan fingerprint density at radius 1 is 1.33 bits per heavy atom. The van der Waals surface area contributed by atoms with Crippen molar-refractivity contribution in [3.05, 3.63) is 16.3 Å². The van der Waals surface area contributed by atoms with E-state index in [2.05, 4.69) is 24.5 Å². The first-order valence-electron chi connectivity index (χ1n) is 7.09. The van der Waals surface area contributed by atoms with E-state index in [1.54, 1.807) is 30.3 Å². The molecular weight excluding hydrogens is 286 g/mol. The van der Waals surface area contributed by atoms with Crippen LogP contribution >= 0.6 is 11.3 Å². The third-order valence-corrected chi connectivity index (χ3v) is 3.93. The van der Waals surface area contributed by atoms with Gasteiger partial charge in [-0.2, -0.15) is 0 Å². The summed E-state index contributed by atoms with van der Waals surface area (Å²) >= 11 is 1.57. The largest absolute Gasteiger partial charge is 0.347 e. The summed E-state index contributed by atoms with van der Waals surface area (Å²) in [7, 11) is 3.54. The summed E-state index contributed by atoms with van der Waals surface area (Å²) in [6, 6.07) is 1.68. The molecule has 0 aromatic carbocycles. The molecule has 21 heavy (non-hydrogen) atoms. The van der Waals surface area contributed by atoms with Crippen molar-refractivity contribution in [3.8, 4) is 0 Å². The zero-order valence-corrected chi connectivity index (χ0v) is 14.2. The van der Waals surface area contributed by atoms with Crippen LogP contribution in [0.4, 0.5) is 5.69 Å². The topological polar surface area (TPSA) is 61.4 Å². The van der Waals surface area contributed by atoms with Crippen LogP contribution < -0.4 is 10.6 Å². The van der Waals surface area contributed by atoms with E-state index >= 15 is 0 Å². The second kappa shape index (κ2) is 8.14. The van der Waals surface area contributed by atoms with E-state index in [0.717, 1.165) is 17.0 Å². The Hall–Kier alpha value is -1.40. The number of nitrogens with zero attached hydrogens (tertiary/aromatic N) is 1. The third kappa shape index (κ3) is 5.85. The Kier molecular flexibility index (Phi) is 6.84. The lowest BCUT2D eigenvalue weighted by atomic mass is 10.0. The third-order valence-electron chi connectivity index (χ3n) is 3.01. The maximum atomic E-state index is 12.2. The highest BCUT2D eigenvalue weighted by atomic mass is 32.1. The highest BCUT2D eigenvalue weighted by Crippen LogP contribution is 2.22. The van der Waals surface area contributed by atoms with Crippen LogP contribution in [0.5, 0.6) is 0 Å². The molecule has 1 heterocycles. The van der Waals surface area contributed by atoms with Crippen molar-refractivity contribution < 1.29 is 9.59 Å². The summed E-state index contributed by atoms with van der Waals surface area (Å²) in [5.74, 6) is 0.434. The number of likely N-dealkylation sites (N-methyl/N-ethyl adjacent to an activating group) is 1. The summed E-state index contributed by atoms with van der Waals surface area (Å²) in [5, 5.41) is 8.06. The van der Waals surface area contributed by atoms with Gasteiger partial charge in [0.25, 0.3) is 0 Å². The second-order valence-corrected chi connectivity index (χ2v) is 6.74. The van der Waals surface area contributed by atoms with Crippen LogP contribution in [0.2, 0.25) is 0 Å². The highest BCUT2D eigenvalue weighted by Gasteiger charge is 2.21. The maximum absolute atomic E-state index is 12.2. The fraction of sp³-hybridized carbons (Fsp3) is 0.600. The zero-order chi connectivity index (χ0) is 16.0. The number of anilines is 1. The number of thiophene rings is 1. The van der Waals surface area contributed by atoms with Crippen LogP contribution in [-0.2, 0) is 16.1 Å². The van der Waals surface area contributed by atoms with Crippen molar-refractivity contribution >= 4 is 28.8 Å². The lowest BCUT2D eigenvalue weighted by Crippen LogP contribution is -2.44. The number of hydrogen-bond acceptors (Lipinski definition) is 4. The number of hydrogen-bond donors (Lipinski definition) is 2. The first-order chi connectivity index (χ1) is 9.81. The van der Waals surface area contributed by atoms with Gasteiger partial charge in [0, 0.05) is 32.4 Å². The Labute approximate surface area is 130 Å². The SMILES string of the molecule is CC(=O)Nc1ccsc1CNC(CC(C)C)C(=O)N(C)C. The van der Waals surface area contributed by atoms with Crippen molar-refractivity contribution in [3.63, 3.8) is 0 Å². The highest BCUT2D eigenvalue weighted by molar-refractivity contribution is 7.10. The van der Waals surface area contributed by atoms with E-state index < -0.39 is 0 Å². The summed E-state index contributed by atoms with van der Waals surface area (Å²) < 4.78 is 0. The van der Waals surface area contributed by atoms with Gasteiger partial charge in [-0.05, 0) is 23.8 Å². The van der Waals surface area contributed by atoms with E-state index in [9.17, 15) is 9.59 Å². The summed E-state index contributed by atoms with van der Waals surface area (Å²) in [5.41, 5.74) is 0.820. The van der Waals surface area contributed by atoms with Gasteiger partial charge in [0.1, 0.15) is 0 Å². The van der Waals surface area contributed by atoms with E-state index in [1.807, 2.05) is 11.4 Å². The van der Waals surface area contributed by atoms with E-state index in [4.69, 9.17) is 0 Å². The smallest absolute Gasteiger partial charge is 0.239 e. The maximum Gasteiger partial charge on any atom is 0.239 e. The molecule has 5 nitrogen and oxygen atoms in total. The standard InChI is InChI=1S/C15H25N3O2S/c1-10(2)8-13(15(20)18(4)5)16-9-14-12(6-7-21-14)17-11(3)19/h6-7,10,13,16H,8-9H2,1-5H3,(H,17,19). The van der Waals surface area contributed by atoms with Crippen molar-refractivity contribution in [2.75, 3.05) is 19.4 Å². The number of carbonyl (C=O) groups is 2. The van der Waals surface area contributed by atoms with Crippen molar-refractivity contribution in [1.29, 1.82) is 0 Å². The van der Waals surface area contributed by atoms with Gasteiger partial charge in [-0.25, -0.2) is 0 Å². The van der Waals surface area contributed by atoms with Crippen molar-refractivity contribution in [2.45, 2.75) is 39.8 Å². The number of amides is 2. The molecule has 0 saturated carbocycles. The Morgan fingerprint density at radius 3 is 2.52 bits per heavy atom. The monoisotopic (exact) mass is 311 g/mol. The van der Waals surface area contributed by atoms with Crippen LogP contribution in [0.3, 0.4) is 0 Å². The van der Waals surface area contributed by atoms with Gasteiger partial charge in [-0.15, -0.1) is 11.3 Å². The zero-order valence-electron chi connectivity index (χ0n) is 13.4. The van der Waals surface area contributed by atoms with Crippen LogP contribution in [0.15, 0.2) is 11.4 Å². The molecule has 0 spiro atoms. The molecule has 1 aromatic heterocycles. The second-order valence-electron chi connectivity index (χ2n) is 5.73. The lowest BCUT2D eigenvalue weighted by molar-refractivity contribution is -0.131. The van der Waals surface area contributed by atoms with Crippen molar-refractivity contribution in [1.82, 2.24) is 10.2 Å². The number of rotatable bonds is 7. The molecule has 0 fully saturated rings. The summed E-state index contributed by atoms with van der Waals surface area (Å²) in [6.07, 6.45) is 0.790. The molecule has 0 radical (unpaired) electrons. The first-order valence-corrected chi connectivity index (χ1v) is 7.97. The summed E-state index contributed by atoms with van der Waals surface area (Å²) in [6.45, 7) is 6.27. The fourth-order valence-corrected chi connectivity index (χ4v) is 2.83. The molecule has 0 saturated heterocycles. The molecular formula is C15H25N3O2S. The van der Waals surface area contributed by atoms with Gasteiger partial charge >= 0.3 is 0 Å². The predicted molar refractivity (Wildman–Crippen MR) is 87.4 cm³/mol. The Balaban J connectivity index is 2.70. The normalized spacial score (nSPS) is 12.3. The predicted octanol–water partition coefficient (Wildman–Crippen LogP) is 2.30. The van der Waals surface area contributed by atoms with Gasteiger partial charge in [-0.1, -0.05) is 13.8 Å². The Morgan fingerprint density at radius 2 is 2.00 bits per heavy atom. The molecule has 1 aromatic rings. The molecule has 2 amide bonds. The van der Waals surface area contributed by atoms with Crippen LogP contribution in [0, 0.1) is 5.92 Å². The minimum atomic E-state index is -0.202. The number of carbonyl (C=O) groups excluding carboxylic acids is 2. The van der Waals surface area contributed by atoms with Crippen molar-refractivity contribution in [2.24, 2.45) is 5.92 Å². The average Bonchev–Trinajstić information content (AvgIpc) is 2.79. The summed E-state index contributed by atoms with van der Waals surface area (Å²) in [4.78, 5) is 26.0. The van der Waals surface area contributed by atoms with E-state index in [0.29, 0.717) is 12.5 Å². The molecule has 118 valence electrons. The minimum Gasteiger partial charge on any atom is -0.347 e. The Bertz CT molecular complexity index is 483. The van der Waals surface area contributed by atoms with Crippen LogP contribution in [-0.4, -0.2) is 36.9 Å². The van der Waals surface area contributed by atoms with Gasteiger partial charge < -0.3 is 15.5 Å². The molecule has 6 heteroatoms. The van der Waals surface area contributed by atoms with Gasteiger partial charge in [0.05, 0.1) is 11.7 Å². The quantitative estimate of drug-likeness (QED) is 0.812. The van der Waals surface area contributed by atoms with E-state index in [1.165, 1.54) is 6.92 Å². The average molecular weight is 311 g/mol. The van der Waals surface area contributed by atoms with Gasteiger partial charge in [0.15, 0.2) is 0 Å². The molecule has 1 rings (SSSR count). The minimum absolute atomic E-state index is 0.0846. The molecule has 0 aliphatic heterocycles. The van der Waals surface area contributed by atoms with Crippen LogP contribution in [0.1, 0.15) is 32.1 Å².